The zero-order valence-corrected chi connectivity index (χ0v) is 11.4. The van der Waals surface area contributed by atoms with E-state index in [1.54, 1.807) is 12.1 Å². The van der Waals surface area contributed by atoms with E-state index in [-0.39, 0.29) is 11.6 Å². The van der Waals surface area contributed by atoms with E-state index in [1.807, 2.05) is 18.4 Å². The van der Waals surface area contributed by atoms with E-state index < -0.39 is 11.4 Å². The van der Waals surface area contributed by atoms with E-state index >= 15 is 0 Å². The molecule has 1 heterocycles. The van der Waals surface area contributed by atoms with Crippen LogP contribution in [0.15, 0.2) is 29.2 Å². The number of halogens is 1. The molecule has 0 saturated heterocycles. The standard InChI is InChI=1S/C14H14ClNO3/c1-3-8(2)16-7-11(14(18)19)13(17)10-6-9(15)4-5-12(10)16/h4-8H,3H2,1-2H3,(H,18,19). The molecule has 0 aliphatic heterocycles. The number of aromatic carboxylic acids is 1. The summed E-state index contributed by atoms with van der Waals surface area (Å²) in [5.41, 5.74) is -0.0200. The monoisotopic (exact) mass is 279 g/mol. The normalized spacial score (nSPS) is 12.6. The van der Waals surface area contributed by atoms with E-state index in [4.69, 9.17) is 16.7 Å². The zero-order valence-electron chi connectivity index (χ0n) is 10.7. The average molecular weight is 280 g/mol. The third kappa shape index (κ3) is 2.36. The molecule has 0 bridgehead atoms. The Labute approximate surface area is 115 Å². The Morgan fingerprint density at radius 1 is 1.47 bits per heavy atom. The molecular weight excluding hydrogens is 266 g/mol. The van der Waals surface area contributed by atoms with Gasteiger partial charge in [-0.05, 0) is 31.5 Å². The Bertz CT molecular complexity index is 706. The number of fused-ring (bicyclic) bond motifs is 1. The maximum atomic E-state index is 12.1. The lowest BCUT2D eigenvalue weighted by molar-refractivity contribution is 0.0694. The van der Waals surface area contributed by atoms with Gasteiger partial charge in [0.05, 0.1) is 5.52 Å². The van der Waals surface area contributed by atoms with Crippen molar-refractivity contribution in [1.29, 1.82) is 0 Å². The third-order valence-corrected chi connectivity index (χ3v) is 3.53. The number of rotatable bonds is 3. The second kappa shape index (κ2) is 5.05. The van der Waals surface area contributed by atoms with E-state index in [0.717, 1.165) is 6.42 Å². The highest BCUT2D eigenvalue weighted by Crippen LogP contribution is 2.22. The van der Waals surface area contributed by atoms with Crippen molar-refractivity contribution in [1.82, 2.24) is 4.57 Å². The molecule has 1 aromatic heterocycles. The van der Waals surface area contributed by atoms with Crippen LogP contribution in [-0.2, 0) is 0 Å². The van der Waals surface area contributed by atoms with Gasteiger partial charge >= 0.3 is 5.97 Å². The molecule has 19 heavy (non-hydrogen) atoms. The number of carboxylic acids is 1. The SMILES string of the molecule is CCC(C)n1cc(C(=O)O)c(=O)c2cc(Cl)ccc21. The van der Waals surface area contributed by atoms with Crippen LogP contribution in [0.4, 0.5) is 0 Å². The van der Waals surface area contributed by atoms with Crippen molar-refractivity contribution in [2.75, 3.05) is 0 Å². The first-order valence-electron chi connectivity index (χ1n) is 6.03. The summed E-state index contributed by atoms with van der Waals surface area (Å²) in [6.07, 6.45) is 2.24. The molecule has 1 unspecified atom stereocenters. The van der Waals surface area contributed by atoms with E-state index in [1.165, 1.54) is 12.3 Å². The van der Waals surface area contributed by atoms with E-state index in [9.17, 15) is 9.59 Å². The van der Waals surface area contributed by atoms with Crippen molar-refractivity contribution < 1.29 is 9.90 Å². The molecule has 0 saturated carbocycles. The molecule has 0 aliphatic rings. The van der Waals surface area contributed by atoms with Crippen LogP contribution >= 0.6 is 11.6 Å². The Kier molecular flexibility index (Phi) is 3.62. The molecule has 4 nitrogen and oxygen atoms in total. The summed E-state index contributed by atoms with van der Waals surface area (Å²) in [7, 11) is 0. The molecule has 2 rings (SSSR count). The quantitative estimate of drug-likeness (QED) is 0.937. The van der Waals surface area contributed by atoms with Gasteiger partial charge in [0, 0.05) is 22.6 Å². The zero-order chi connectivity index (χ0) is 14.2. The molecule has 100 valence electrons. The van der Waals surface area contributed by atoms with Gasteiger partial charge in [-0.2, -0.15) is 0 Å². The summed E-state index contributed by atoms with van der Waals surface area (Å²) >= 11 is 5.89. The minimum atomic E-state index is -1.22. The van der Waals surface area contributed by atoms with Crippen molar-refractivity contribution in [2.24, 2.45) is 0 Å². The molecule has 1 atom stereocenters. The highest BCUT2D eigenvalue weighted by atomic mass is 35.5. The Morgan fingerprint density at radius 3 is 2.74 bits per heavy atom. The first kappa shape index (κ1) is 13.6. The van der Waals surface area contributed by atoms with Gasteiger partial charge in [0.2, 0.25) is 5.43 Å². The number of hydrogen-bond donors (Lipinski definition) is 1. The molecule has 2 aromatic rings. The summed E-state index contributed by atoms with van der Waals surface area (Å²) in [6.45, 7) is 3.98. The van der Waals surface area contributed by atoms with Crippen molar-refractivity contribution in [2.45, 2.75) is 26.3 Å². The maximum Gasteiger partial charge on any atom is 0.341 e. The fraction of sp³-hybridized carbons (Fsp3) is 0.286. The molecule has 0 aliphatic carbocycles. The molecule has 0 spiro atoms. The van der Waals surface area contributed by atoms with Crippen LogP contribution in [0.3, 0.4) is 0 Å². The number of benzene rings is 1. The summed E-state index contributed by atoms with van der Waals surface area (Å²) < 4.78 is 1.82. The van der Waals surface area contributed by atoms with Gasteiger partial charge < -0.3 is 9.67 Å². The van der Waals surface area contributed by atoms with Gasteiger partial charge in [-0.1, -0.05) is 18.5 Å². The van der Waals surface area contributed by atoms with Crippen LogP contribution in [0, 0.1) is 0 Å². The van der Waals surface area contributed by atoms with Crippen LogP contribution in [0.5, 0.6) is 0 Å². The van der Waals surface area contributed by atoms with Crippen LogP contribution in [0.2, 0.25) is 5.02 Å². The van der Waals surface area contributed by atoms with Gasteiger partial charge in [-0.3, -0.25) is 4.79 Å². The van der Waals surface area contributed by atoms with Crippen molar-refractivity contribution in [3.8, 4) is 0 Å². The Balaban J connectivity index is 2.92. The van der Waals surface area contributed by atoms with Crippen molar-refractivity contribution in [3.63, 3.8) is 0 Å². The molecule has 1 aromatic carbocycles. The van der Waals surface area contributed by atoms with Gasteiger partial charge in [0.25, 0.3) is 0 Å². The fourth-order valence-electron chi connectivity index (χ4n) is 2.04. The predicted octanol–water partition coefficient (Wildman–Crippen LogP) is 3.32. The van der Waals surface area contributed by atoms with E-state index in [0.29, 0.717) is 15.9 Å². The van der Waals surface area contributed by atoms with Gasteiger partial charge in [-0.15, -0.1) is 0 Å². The van der Waals surface area contributed by atoms with Crippen LogP contribution in [0.25, 0.3) is 10.9 Å². The number of nitrogens with zero attached hydrogens (tertiary/aromatic N) is 1. The van der Waals surface area contributed by atoms with Crippen molar-refractivity contribution >= 4 is 28.5 Å². The summed E-state index contributed by atoms with van der Waals surface area (Å²) in [6, 6.07) is 5.06. The third-order valence-electron chi connectivity index (χ3n) is 3.29. The largest absolute Gasteiger partial charge is 0.477 e. The Hall–Kier alpha value is -1.81. The molecule has 0 radical (unpaired) electrons. The smallest absolute Gasteiger partial charge is 0.341 e. The topological polar surface area (TPSA) is 59.3 Å². The number of carboxylic acid groups (broad SMARTS) is 1. The predicted molar refractivity (Wildman–Crippen MR) is 75.2 cm³/mol. The second-order valence-corrected chi connectivity index (χ2v) is 4.94. The minimum Gasteiger partial charge on any atom is -0.477 e. The first-order valence-corrected chi connectivity index (χ1v) is 6.41. The second-order valence-electron chi connectivity index (χ2n) is 4.50. The number of hydrogen-bond acceptors (Lipinski definition) is 2. The van der Waals surface area contributed by atoms with E-state index in [2.05, 4.69) is 0 Å². The molecular formula is C14H14ClNO3. The number of carbonyl (C=O) groups is 1. The number of pyridine rings is 1. The van der Waals surface area contributed by atoms with Crippen LogP contribution < -0.4 is 5.43 Å². The lowest BCUT2D eigenvalue weighted by atomic mass is 10.1. The Morgan fingerprint density at radius 2 is 2.16 bits per heavy atom. The van der Waals surface area contributed by atoms with Crippen LogP contribution in [0.1, 0.15) is 36.7 Å². The van der Waals surface area contributed by atoms with Gasteiger partial charge in [0.15, 0.2) is 0 Å². The van der Waals surface area contributed by atoms with Crippen LogP contribution in [-0.4, -0.2) is 15.6 Å². The highest BCUT2D eigenvalue weighted by molar-refractivity contribution is 6.31. The summed E-state index contributed by atoms with van der Waals surface area (Å²) in [5.74, 6) is -1.22. The minimum absolute atomic E-state index is 0.0994. The maximum absolute atomic E-state index is 12.1. The van der Waals surface area contributed by atoms with Crippen molar-refractivity contribution in [3.05, 3.63) is 45.2 Å². The fourth-order valence-corrected chi connectivity index (χ4v) is 2.21. The lowest BCUT2D eigenvalue weighted by Crippen LogP contribution is -2.20. The molecule has 5 heteroatoms. The molecule has 1 N–H and O–H groups in total. The summed E-state index contributed by atoms with van der Waals surface area (Å²) in [4.78, 5) is 23.3. The summed E-state index contributed by atoms with van der Waals surface area (Å²) in [5, 5.41) is 9.89. The first-order chi connectivity index (χ1) is 8.95. The lowest BCUT2D eigenvalue weighted by Gasteiger charge is -2.18. The highest BCUT2D eigenvalue weighted by Gasteiger charge is 2.16. The number of aromatic nitrogens is 1. The van der Waals surface area contributed by atoms with Gasteiger partial charge in [0.1, 0.15) is 5.56 Å². The molecule has 0 amide bonds. The van der Waals surface area contributed by atoms with Gasteiger partial charge in [-0.25, -0.2) is 4.79 Å². The average Bonchev–Trinajstić information content (AvgIpc) is 2.38. The molecule has 0 fully saturated rings.